The second-order valence-electron chi connectivity index (χ2n) is 3.96. The normalized spacial score (nSPS) is 9.94. The van der Waals surface area contributed by atoms with Gasteiger partial charge in [-0.3, -0.25) is 9.78 Å². The molecule has 3 nitrogen and oxygen atoms in total. The van der Waals surface area contributed by atoms with Gasteiger partial charge in [-0.05, 0) is 36.2 Å². The van der Waals surface area contributed by atoms with Crippen LogP contribution in [0.1, 0.15) is 11.1 Å². The first-order chi connectivity index (χ1) is 8.24. The van der Waals surface area contributed by atoms with Gasteiger partial charge in [0.15, 0.2) is 0 Å². The first kappa shape index (κ1) is 11.3. The topological polar surface area (TPSA) is 42.0 Å². The third kappa shape index (κ3) is 3.41. The lowest BCUT2D eigenvalue weighted by Crippen LogP contribution is -2.14. The van der Waals surface area contributed by atoms with E-state index in [0.29, 0.717) is 6.42 Å². The van der Waals surface area contributed by atoms with E-state index in [-0.39, 0.29) is 5.91 Å². The fourth-order valence-corrected chi connectivity index (χ4v) is 1.62. The Morgan fingerprint density at radius 1 is 1.29 bits per heavy atom. The standard InChI is InChI=1S/C14H14N2O/c1-11-4-2-6-13(8-11)16-14(17)9-12-5-3-7-15-10-12/h2-8,10H,9H2,1H3,(H,16,17). The summed E-state index contributed by atoms with van der Waals surface area (Å²) in [6, 6.07) is 11.5. The smallest absolute Gasteiger partial charge is 0.228 e. The average Bonchev–Trinajstić information content (AvgIpc) is 2.30. The molecule has 1 amide bonds. The van der Waals surface area contributed by atoms with Gasteiger partial charge in [0, 0.05) is 18.1 Å². The van der Waals surface area contributed by atoms with Gasteiger partial charge in [0.05, 0.1) is 6.42 Å². The zero-order valence-electron chi connectivity index (χ0n) is 9.68. The second-order valence-corrected chi connectivity index (χ2v) is 3.96. The van der Waals surface area contributed by atoms with Crippen LogP contribution >= 0.6 is 0 Å². The first-order valence-electron chi connectivity index (χ1n) is 5.49. The Morgan fingerprint density at radius 2 is 2.18 bits per heavy atom. The molecule has 0 fully saturated rings. The second kappa shape index (κ2) is 5.25. The highest BCUT2D eigenvalue weighted by Gasteiger charge is 2.03. The summed E-state index contributed by atoms with van der Waals surface area (Å²) in [6.45, 7) is 2.00. The number of nitrogens with one attached hydrogen (secondary N) is 1. The minimum absolute atomic E-state index is 0.0244. The fraction of sp³-hybridized carbons (Fsp3) is 0.143. The maximum absolute atomic E-state index is 11.8. The van der Waals surface area contributed by atoms with Gasteiger partial charge in [-0.15, -0.1) is 0 Å². The predicted octanol–water partition coefficient (Wildman–Crippen LogP) is 2.57. The SMILES string of the molecule is Cc1cccc(NC(=O)Cc2cccnc2)c1. The number of aryl methyl sites for hydroxylation is 1. The monoisotopic (exact) mass is 226 g/mol. The molecule has 1 N–H and O–H groups in total. The van der Waals surface area contributed by atoms with Crippen LogP contribution in [0, 0.1) is 6.92 Å². The number of amides is 1. The minimum Gasteiger partial charge on any atom is -0.326 e. The van der Waals surface area contributed by atoms with Crippen LogP contribution in [0.25, 0.3) is 0 Å². The summed E-state index contributed by atoms with van der Waals surface area (Å²) >= 11 is 0. The van der Waals surface area contributed by atoms with Gasteiger partial charge in [0.1, 0.15) is 0 Å². The molecule has 0 bridgehead atoms. The Hall–Kier alpha value is -2.16. The largest absolute Gasteiger partial charge is 0.326 e. The summed E-state index contributed by atoms with van der Waals surface area (Å²) in [5.74, 6) is -0.0244. The van der Waals surface area contributed by atoms with Gasteiger partial charge in [0.2, 0.25) is 5.91 Å². The predicted molar refractivity (Wildman–Crippen MR) is 67.7 cm³/mol. The molecule has 1 aromatic heterocycles. The Balaban J connectivity index is 1.98. The number of nitrogens with zero attached hydrogens (tertiary/aromatic N) is 1. The molecule has 0 saturated carbocycles. The molecule has 2 aromatic rings. The van der Waals surface area contributed by atoms with Crippen LogP contribution in [0.3, 0.4) is 0 Å². The number of benzene rings is 1. The highest BCUT2D eigenvalue weighted by atomic mass is 16.1. The first-order valence-corrected chi connectivity index (χ1v) is 5.49. The van der Waals surface area contributed by atoms with E-state index in [1.165, 1.54) is 0 Å². The van der Waals surface area contributed by atoms with Crippen molar-refractivity contribution in [1.29, 1.82) is 0 Å². The Kier molecular flexibility index (Phi) is 3.50. The van der Waals surface area contributed by atoms with Crippen LogP contribution in [0.4, 0.5) is 5.69 Å². The van der Waals surface area contributed by atoms with Gasteiger partial charge in [-0.1, -0.05) is 18.2 Å². The quantitative estimate of drug-likeness (QED) is 0.874. The number of hydrogen-bond donors (Lipinski definition) is 1. The Labute approximate surface area is 101 Å². The van der Waals surface area contributed by atoms with Crippen LogP contribution < -0.4 is 5.32 Å². The summed E-state index contributed by atoms with van der Waals surface area (Å²) in [6.07, 6.45) is 3.75. The lowest BCUT2D eigenvalue weighted by molar-refractivity contribution is -0.115. The van der Waals surface area contributed by atoms with Crippen molar-refractivity contribution in [3.05, 3.63) is 59.9 Å². The number of anilines is 1. The molecular weight excluding hydrogens is 212 g/mol. The maximum Gasteiger partial charge on any atom is 0.228 e. The van der Waals surface area contributed by atoms with Crippen LogP contribution in [-0.4, -0.2) is 10.9 Å². The van der Waals surface area contributed by atoms with Crippen molar-refractivity contribution >= 4 is 11.6 Å². The lowest BCUT2D eigenvalue weighted by Gasteiger charge is -2.05. The van der Waals surface area contributed by atoms with Crippen molar-refractivity contribution in [2.45, 2.75) is 13.3 Å². The van der Waals surface area contributed by atoms with E-state index in [4.69, 9.17) is 0 Å². The van der Waals surface area contributed by atoms with Crippen LogP contribution in [-0.2, 0) is 11.2 Å². The van der Waals surface area contributed by atoms with Crippen molar-refractivity contribution in [1.82, 2.24) is 4.98 Å². The molecule has 0 aliphatic carbocycles. The summed E-state index contributed by atoms with van der Waals surface area (Å²) < 4.78 is 0. The molecule has 0 spiro atoms. The summed E-state index contributed by atoms with van der Waals surface area (Å²) in [5, 5.41) is 2.86. The zero-order valence-corrected chi connectivity index (χ0v) is 9.68. The lowest BCUT2D eigenvalue weighted by atomic mass is 10.2. The molecule has 0 atom stereocenters. The highest BCUT2D eigenvalue weighted by molar-refractivity contribution is 5.92. The van der Waals surface area contributed by atoms with Gasteiger partial charge in [-0.2, -0.15) is 0 Å². The average molecular weight is 226 g/mol. The Bertz CT molecular complexity index is 509. The molecule has 0 aliphatic heterocycles. The maximum atomic E-state index is 11.8. The van der Waals surface area contributed by atoms with Crippen LogP contribution in [0.2, 0.25) is 0 Å². The number of pyridine rings is 1. The molecule has 3 heteroatoms. The van der Waals surface area contributed by atoms with Gasteiger partial charge < -0.3 is 5.32 Å². The molecule has 2 rings (SSSR count). The number of rotatable bonds is 3. The van der Waals surface area contributed by atoms with Crippen LogP contribution in [0.5, 0.6) is 0 Å². The van der Waals surface area contributed by atoms with Crippen molar-refractivity contribution in [3.63, 3.8) is 0 Å². The van der Waals surface area contributed by atoms with E-state index in [1.807, 2.05) is 43.3 Å². The molecule has 1 heterocycles. The van der Waals surface area contributed by atoms with Crippen molar-refractivity contribution in [2.24, 2.45) is 0 Å². The number of hydrogen-bond acceptors (Lipinski definition) is 2. The van der Waals surface area contributed by atoms with Crippen LogP contribution in [0.15, 0.2) is 48.8 Å². The van der Waals surface area contributed by atoms with Gasteiger partial charge in [-0.25, -0.2) is 0 Å². The van der Waals surface area contributed by atoms with Crippen molar-refractivity contribution in [3.8, 4) is 0 Å². The molecule has 0 unspecified atom stereocenters. The van der Waals surface area contributed by atoms with E-state index in [9.17, 15) is 4.79 Å². The molecule has 0 radical (unpaired) electrons. The minimum atomic E-state index is -0.0244. The fourth-order valence-electron chi connectivity index (χ4n) is 1.62. The molecule has 0 aliphatic rings. The molecule has 86 valence electrons. The summed E-state index contributed by atoms with van der Waals surface area (Å²) in [5.41, 5.74) is 2.88. The summed E-state index contributed by atoms with van der Waals surface area (Å²) in [7, 11) is 0. The number of aromatic nitrogens is 1. The number of carbonyl (C=O) groups is 1. The molecular formula is C14H14N2O. The third-order valence-electron chi connectivity index (χ3n) is 2.39. The molecule has 17 heavy (non-hydrogen) atoms. The van der Waals surface area contributed by atoms with E-state index >= 15 is 0 Å². The molecule has 0 saturated heterocycles. The van der Waals surface area contributed by atoms with E-state index in [2.05, 4.69) is 10.3 Å². The molecule has 1 aromatic carbocycles. The third-order valence-corrected chi connectivity index (χ3v) is 2.39. The van der Waals surface area contributed by atoms with Gasteiger partial charge >= 0.3 is 0 Å². The summed E-state index contributed by atoms with van der Waals surface area (Å²) in [4.78, 5) is 15.7. The zero-order chi connectivity index (χ0) is 12.1. The van der Waals surface area contributed by atoms with E-state index in [0.717, 1.165) is 16.8 Å². The van der Waals surface area contributed by atoms with Crippen molar-refractivity contribution < 1.29 is 4.79 Å². The number of carbonyl (C=O) groups excluding carboxylic acids is 1. The Morgan fingerprint density at radius 3 is 2.88 bits per heavy atom. The van der Waals surface area contributed by atoms with E-state index in [1.54, 1.807) is 12.4 Å². The van der Waals surface area contributed by atoms with Gasteiger partial charge in [0.25, 0.3) is 0 Å². The highest BCUT2D eigenvalue weighted by Crippen LogP contribution is 2.10. The van der Waals surface area contributed by atoms with E-state index < -0.39 is 0 Å². The van der Waals surface area contributed by atoms with Crippen molar-refractivity contribution in [2.75, 3.05) is 5.32 Å².